The van der Waals surface area contributed by atoms with Gasteiger partial charge in [0.05, 0.1) is 10.0 Å². The van der Waals surface area contributed by atoms with Crippen LogP contribution in [0.5, 0.6) is 0 Å². The van der Waals surface area contributed by atoms with Gasteiger partial charge < -0.3 is 5.32 Å². The Bertz CT molecular complexity index is 685. The second kappa shape index (κ2) is 6.84. The summed E-state index contributed by atoms with van der Waals surface area (Å²) in [5.41, 5.74) is 0. The Kier molecular flexibility index (Phi) is 5.18. The molecular formula is C15H19Cl2FN2O2S. The van der Waals surface area contributed by atoms with Gasteiger partial charge in [-0.05, 0) is 50.3 Å². The van der Waals surface area contributed by atoms with E-state index in [-0.39, 0.29) is 9.92 Å². The molecule has 1 unspecified atom stereocenters. The largest absolute Gasteiger partial charge is 0.314 e. The van der Waals surface area contributed by atoms with Crippen LogP contribution in [0.15, 0.2) is 17.0 Å². The molecule has 0 aromatic heterocycles. The number of piperidine rings is 1. The van der Waals surface area contributed by atoms with Crippen molar-refractivity contribution in [3.05, 3.63) is 28.0 Å². The second-order valence-corrected chi connectivity index (χ2v) is 8.81. The Balaban J connectivity index is 1.75. The van der Waals surface area contributed by atoms with Gasteiger partial charge in [0.25, 0.3) is 0 Å². The first-order valence-corrected chi connectivity index (χ1v) is 9.98. The summed E-state index contributed by atoms with van der Waals surface area (Å²) < 4.78 is 40.6. The zero-order chi connectivity index (χ0) is 16.6. The van der Waals surface area contributed by atoms with E-state index in [1.165, 1.54) is 22.9 Å². The molecule has 0 amide bonds. The minimum atomic E-state index is -3.80. The summed E-state index contributed by atoms with van der Waals surface area (Å²) in [4.78, 5) is -0.210. The zero-order valence-electron chi connectivity index (χ0n) is 12.6. The maximum atomic E-state index is 13.8. The fraction of sp³-hybridized carbons (Fsp3) is 0.600. The molecule has 2 saturated heterocycles. The molecule has 2 aliphatic rings. The van der Waals surface area contributed by atoms with Gasteiger partial charge in [0.1, 0.15) is 4.90 Å². The van der Waals surface area contributed by atoms with Crippen molar-refractivity contribution in [3.8, 4) is 0 Å². The standard InChI is InChI=1S/C15H19Cl2FN2O2S/c16-11-3-4-13(14(17)15(11)18)23(21,22)20-8-5-10(6-9-20)12-2-1-7-19-12/h3-4,10,12,19H,1-2,5-9H2. The van der Waals surface area contributed by atoms with E-state index in [2.05, 4.69) is 5.32 Å². The summed E-state index contributed by atoms with van der Waals surface area (Å²) in [5.74, 6) is -0.388. The molecule has 8 heteroatoms. The fourth-order valence-electron chi connectivity index (χ4n) is 3.48. The molecule has 3 rings (SSSR count). The van der Waals surface area contributed by atoms with Gasteiger partial charge in [-0.2, -0.15) is 4.31 Å². The van der Waals surface area contributed by atoms with Crippen LogP contribution in [0.25, 0.3) is 0 Å². The average molecular weight is 381 g/mol. The predicted octanol–water partition coefficient (Wildman–Crippen LogP) is 3.29. The first-order chi connectivity index (χ1) is 10.9. The third kappa shape index (κ3) is 3.37. The SMILES string of the molecule is O=S(=O)(c1ccc(Cl)c(F)c1Cl)N1CCC(C2CCCN2)CC1. The van der Waals surface area contributed by atoms with Gasteiger partial charge in [-0.3, -0.25) is 0 Å². The number of benzene rings is 1. The van der Waals surface area contributed by atoms with Crippen molar-refractivity contribution in [1.29, 1.82) is 0 Å². The highest BCUT2D eigenvalue weighted by Crippen LogP contribution is 2.34. The summed E-state index contributed by atoms with van der Waals surface area (Å²) in [5, 5.41) is 2.87. The number of nitrogens with zero attached hydrogens (tertiary/aromatic N) is 1. The van der Waals surface area contributed by atoms with Crippen LogP contribution in [-0.4, -0.2) is 38.4 Å². The predicted molar refractivity (Wildman–Crippen MR) is 88.9 cm³/mol. The molecule has 128 valence electrons. The Morgan fingerprint density at radius 3 is 2.48 bits per heavy atom. The van der Waals surface area contributed by atoms with Crippen LogP contribution in [0, 0.1) is 11.7 Å². The minimum absolute atomic E-state index is 0.181. The van der Waals surface area contributed by atoms with E-state index in [1.54, 1.807) is 0 Å². The maximum absolute atomic E-state index is 13.8. The average Bonchev–Trinajstić information content (AvgIpc) is 3.07. The normalized spacial score (nSPS) is 24.2. The van der Waals surface area contributed by atoms with Crippen molar-refractivity contribution in [2.24, 2.45) is 5.92 Å². The molecule has 4 nitrogen and oxygen atoms in total. The van der Waals surface area contributed by atoms with Crippen LogP contribution in [0.3, 0.4) is 0 Å². The zero-order valence-corrected chi connectivity index (χ0v) is 14.9. The Hall–Kier alpha value is -0.400. The molecule has 1 atom stereocenters. The van der Waals surface area contributed by atoms with Gasteiger partial charge in [-0.15, -0.1) is 0 Å². The topological polar surface area (TPSA) is 49.4 Å². The van der Waals surface area contributed by atoms with Crippen molar-refractivity contribution < 1.29 is 12.8 Å². The van der Waals surface area contributed by atoms with Gasteiger partial charge in [0.2, 0.25) is 10.0 Å². The van der Waals surface area contributed by atoms with Gasteiger partial charge in [0, 0.05) is 19.1 Å². The minimum Gasteiger partial charge on any atom is -0.314 e. The lowest BCUT2D eigenvalue weighted by molar-refractivity contribution is 0.234. The number of hydrogen-bond donors (Lipinski definition) is 1. The smallest absolute Gasteiger partial charge is 0.244 e. The molecule has 1 aromatic rings. The summed E-state index contributed by atoms with van der Waals surface area (Å²) in [6.07, 6.45) is 3.96. The van der Waals surface area contributed by atoms with Gasteiger partial charge >= 0.3 is 0 Å². The summed E-state index contributed by atoms with van der Waals surface area (Å²) in [7, 11) is -3.80. The van der Waals surface area contributed by atoms with Crippen LogP contribution in [0.4, 0.5) is 4.39 Å². The Morgan fingerprint density at radius 2 is 1.87 bits per heavy atom. The lowest BCUT2D eigenvalue weighted by Gasteiger charge is -2.34. The molecule has 1 N–H and O–H groups in total. The summed E-state index contributed by atoms with van der Waals surface area (Å²) in [6, 6.07) is 3.00. The second-order valence-electron chi connectivity index (χ2n) is 6.12. The molecule has 2 heterocycles. The lowest BCUT2D eigenvalue weighted by Crippen LogP contribution is -2.43. The van der Waals surface area contributed by atoms with Crippen molar-refractivity contribution in [3.63, 3.8) is 0 Å². The third-order valence-corrected chi connectivity index (χ3v) is 7.50. The van der Waals surface area contributed by atoms with Crippen LogP contribution < -0.4 is 5.32 Å². The molecule has 1 aromatic carbocycles. The number of nitrogens with one attached hydrogen (secondary N) is 1. The first-order valence-electron chi connectivity index (χ1n) is 7.78. The van der Waals surface area contributed by atoms with E-state index in [1.807, 2.05) is 0 Å². The molecular weight excluding hydrogens is 362 g/mol. The quantitative estimate of drug-likeness (QED) is 0.818. The maximum Gasteiger partial charge on any atom is 0.244 e. The highest BCUT2D eigenvalue weighted by molar-refractivity contribution is 7.89. The molecule has 2 fully saturated rings. The van der Waals surface area contributed by atoms with E-state index in [0.717, 1.165) is 25.8 Å². The number of halogens is 3. The van der Waals surface area contributed by atoms with Crippen LogP contribution >= 0.6 is 23.2 Å². The van der Waals surface area contributed by atoms with Gasteiger partial charge in [0.15, 0.2) is 5.82 Å². The molecule has 0 saturated carbocycles. The number of rotatable bonds is 3. The summed E-state index contributed by atoms with van der Waals surface area (Å²) in [6.45, 7) is 1.92. The lowest BCUT2D eigenvalue weighted by atomic mass is 9.89. The van der Waals surface area contributed by atoms with E-state index >= 15 is 0 Å². The molecule has 0 spiro atoms. The van der Waals surface area contributed by atoms with E-state index in [9.17, 15) is 12.8 Å². The molecule has 0 aliphatic carbocycles. The third-order valence-electron chi connectivity index (χ3n) is 4.78. The van der Waals surface area contributed by atoms with Gasteiger partial charge in [-0.25, -0.2) is 12.8 Å². The highest BCUT2D eigenvalue weighted by Gasteiger charge is 2.35. The molecule has 23 heavy (non-hydrogen) atoms. The first kappa shape index (κ1) is 17.4. The monoisotopic (exact) mass is 380 g/mol. The van der Waals surface area contributed by atoms with Crippen LogP contribution in [0.1, 0.15) is 25.7 Å². The van der Waals surface area contributed by atoms with Crippen molar-refractivity contribution >= 4 is 33.2 Å². The van der Waals surface area contributed by atoms with E-state index in [4.69, 9.17) is 23.2 Å². The van der Waals surface area contributed by atoms with Crippen LogP contribution in [-0.2, 0) is 10.0 Å². The van der Waals surface area contributed by atoms with Crippen molar-refractivity contribution in [2.75, 3.05) is 19.6 Å². The Morgan fingerprint density at radius 1 is 1.17 bits per heavy atom. The summed E-state index contributed by atoms with van der Waals surface area (Å²) >= 11 is 11.5. The molecule has 2 aliphatic heterocycles. The van der Waals surface area contributed by atoms with Crippen molar-refractivity contribution in [1.82, 2.24) is 9.62 Å². The Labute approximate surface area is 146 Å². The van der Waals surface area contributed by atoms with E-state index in [0.29, 0.717) is 25.0 Å². The highest BCUT2D eigenvalue weighted by atomic mass is 35.5. The van der Waals surface area contributed by atoms with Crippen molar-refractivity contribution in [2.45, 2.75) is 36.6 Å². The number of sulfonamides is 1. The van der Waals surface area contributed by atoms with Gasteiger partial charge in [-0.1, -0.05) is 23.2 Å². The fourth-order valence-corrected chi connectivity index (χ4v) is 5.67. The molecule has 0 bridgehead atoms. The number of hydrogen-bond acceptors (Lipinski definition) is 3. The molecule has 0 radical (unpaired) electrons. The van der Waals surface area contributed by atoms with Crippen LogP contribution in [0.2, 0.25) is 10.0 Å². The van der Waals surface area contributed by atoms with E-state index < -0.39 is 20.9 Å².